The topological polar surface area (TPSA) is 18.5 Å². The summed E-state index contributed by atoms with van der Waals surface area (Å²) in [5.74, 6) is 0.444. The van der Waals surface area contributed by atoms with Crippen molar-refractivity contribution in [3.63, 3.8) is 0 Å². The minimum atomic E-state index is -0.00177. The molecule has 1 fully saturated rings. The molecule has 2 nitrogen and oxygen atoms in total. The van der Waals surface area contributed by atoms with Crippen LogP contribution in [0.25, 0.3) is 0 Å². The molecule has 1 aliphatic heterocycles. The SMILES string of the molecule is CC(C)C1OC2CC/C=C\CC/C=C\CCC2O1. The van der Waals surface area contributed by atoms with E-state index >= 15 is 0 Å². The molecule has 18 heavy (non-hydrogen) atoms. The fourth-order valence-electron chi connectivity index (χ4n) is 2.56. The van der Waals surface area contributed by atoms with E-state index in [0.29, 0.717) is 5.92 Å². The first-order chi connectivity index (χ1) is 8.77. The highest BCUT2D eigenvalue weighted by molar-refractivity contribution is 4.92. The molecule has 0 amide bonds. The molecule has 2 aliphatic rings. The average Bonchev–Trinajstić information content (AvgIpc) is 2.72. The molecule has 1 saturated heterocycles. The Morgan fingerprint density at radius 1 is 0.778 bits per heavy atom. The Hall–Kier alpha value is -0.600. The predicted octanol–water partition coefficient (Wildman–Crippen LogP) is 4.22. The number of fused-ring (bicyclic) bond motifs is 1. The van der Waals surface area contributed by atoms with Crippen molar-refractivity contribution in [3.8, 4) is 0 Å². The van der Waals surface area contributed by atoms with Crippen molar-refractivity contribution in [2.24, 2.45) is 5.92 Å². The summed E-state index contributed by atoms with van der Waals surface area (Å²) in [6, 6.07) is 0. The molecule has 0 N–H and O–H groups in total. The molecule has 0 aromatic carbocycles. The van der Waals surface area contributed by atoms with E-state index in [2.05, 4.69) is 38.2 Å². The molecule has 2 unspecified atom stereocenters. The van der Waals surface area contributed by atoms with Crippen LogP contribution in [-0.2, 0) is 9.47 Å². The number of ether oxygens (including phenoxy) is 2. The Bertz CT molecular complexity index is 267. The van der Waals surface area contributed by atoms with E-state index < -0.39 is 0 Å². The zero-order valence-electron chi connectivity index (χ0n) is 11.7. The Morgan fingerprint density at radius 3 is 1.67 bits per heavy atom. The van der Waals surface area contributed by atoms with Crippen molar-refractivity contribution in [1.82, 2.24) is 0 Å². The first kappa shape index (κ1) is 13.8. The first-order valence-electron chi connectivity index (χ1n) is 7.38. The second kappa shape index (κ2) is 7.10. The highest BCUT2D eigenvalue weighted by Crippen LogP contribution is 2.30. The van der Waals surface area contributed by atoms with Gasteiger partial charge in [0.2, 0.25) is 0 Å². The van der Waals surface area contributed by atoms with Gasteiger partial charge in [0.05, 0.1) is 12.2 Å². The van der Waals surface area contributed by atoms with Gasteiger partial charge < -0.3 is 9.47 Å². The average molecular weight is 250 g/mol. The Balaban J connectivity index is 1.95. The second-order valence-electron chi connectivity index (χ2n) is 5.64. The van der Waals surface area contributed by atoms with Crippen molar-refractivity contribution in [2.75, 3.05) is 0 Å². The van der Waals surface area contributed by atoms with E-state index in [-0.39, 0.29) is 18.5 Å². The van der Waals surface area contributed by atoms with Crippen LogP contribution in [-0.4, -0.2) is 18.5 Å². The largest absolute Gasteiger partial charge is 0.346 e. The van der Waals surface area contributed by atoms with E-state index in [1.165, 1.54) is 0 Å². The van der Waals surface area contributed by atoms with E-state index in [9.17, 15) is 0 Å². The summed E-state index contributed by atoms with van der Waals surface area (Å²) in [4.78, 5) is 0. The molecule has 2 rings (SSSR count). The Labute approximate surface area is 111 Å². The smallest absolute Gasteiger partial charge is 0.160 e. The highest BCUT2D eigenvalue weighted by Gasteiger charge is 2.36. The lowest BCUT2D eigenvalue weighted by Crippen LogP contribution is -2.22. The molecular weight excluding hydrogens is 224 g/mol. The van der Waals surface area contributed by atoms with E-state index in [0.717, 1.165) is 38.5 Å². The third kappa shape index (κ3) is 3.96. The molecule has 1 aliphatic carbocycles. The summed E-state index contributed by atoms with van der Waals surface area (Å²) in [6.07, 6.45) is 16.5. The maximum Gasteiger partial charge on any atom is 0.160 e. The van der Waals surface area contributed by atoms with E-state index in [1.807, 2.05) is 0 Å². The lowest BCUT2D eigenvalue weighted by atomic mass is 10.0. The quantitative estimate of drug-likeness (QED) is 0.649. The van der Waals surface area contributed by atoms with E-state index in [1.54, 1.807) is 0 Å². The molecular formula is C16H26O2. The molecule has 0 aromatic heterocycles. The number of hydrogen-bond donors (Lipinski definition) is 0. The number of hydrogen-bond acceptors (Lipinski definition) is 2. The van der Waals surface area contributed by atoms with Crippen LogP contribution in [0.15, 0.2) is 24.3 Å². The maximum absolute atomic E-state index is 6.05. The normalized spacial score (nSPS) is 37.6. The lowest BCUT2D eigenvalue weighted by Gasteiger charge is -2.15. The monoisotopic (exact) mass is 250 g/mol. The van der Waals surface area contributed by atoms with Crippen molar-refractivity contribution >= 4 is 0 Å². The third-order valence-corrected chi connectivity index (χ3v) is 3.65. The Kier molecular flexibility index (Phi) is 5.45. The van der Waals surface area contributed by atoms with Gasteiger partial charge in [-0.3, -0.25) is 0 Å². The molecule has 2 atom stereocenters. The van der Waals surface area contributed by atoms with Gasteiger partial charge in [0.1, 0.15) is 0 Å². The van der Waals surface area contributed by atoms with E-state index in [4.69, 9.17) is 9.47 Å². The van der Waals surface area contributed by atoms with Gasteiger partial charge in [-0.15, -0.1) is 0 Å². The lowest BCUT2D eigenvalue weighted by molar-refractivity contribution is -0.0960. The third-order valence-electron chi connectivity index (χ3n) is 3.65. The molecule has 2 heteroatoms. The molecule has 102 valence electrons. The minimum Gasteiger partial charge on any atom is -0.346 e. The maximum atomic E-state index is 6.05. The van der Waals surface area contributed by atoms with Crippen molar-refractivity contribution in [3.05, 3.63) is 24.3 Å². The van der Waals surface area contributed by atoms with Crippen LogP contribution in [0.2, 0.25) is 0 Å². The van der Waals surface area contributed by atoms with Crippen molar-refractivity contribution < 1.29 is 9.47 Å². The summed E-state index contributed by atoms with van der Waals surface area (Å²) >= 11 is 0. The molecule has 0 radical (unpaired) electrons. The summed E-state index contributed by atoms with van der Waals surface area (Å²) in [5, 5.41) is 0. The molecule has 0 saturated carbocycles. The van der Waals surface area contributed by atoms with Gasteiger partial charge >= 0.3 is 0 Å². The fourth-order valence-corrected chi connectivity index (χ4v) is 2.56. The molecule has 0 aromatic rings. The standard InChI is InChI=1S/C16H26O2/c1-13(2)16-17-14-11-9-7-5-3-4-6-8-10-12-15(14)18-16/h5-8,13-16H,3-4,9-12H2,1-2H3/b7-5-,8-6-. The highest BCUT2D eigenvalue weighted by atomic mass is 16.7. The predicted molar refractivity (Wildman–Crippen MR) is 74.4 cm³/mol. The van der Waals surface area contributed by atoms with Gasteiger partial charge in [0, 0.05) is 5.92 Å². The van der Waals surface area contributed by atoms with Gasteiger partial charge in [-0.2, -0.15) is 0 Å². The van der Waals surface area contributed by atoms with Crippen molar-refractivity contribution in [2.45, 2.75) is 70.9 Å². The fraction of sp³-hybridized carbons (Fsp3) is 0.750. The summed E-state index contributed by atoms with van der Waals surface area (Å²) < 4.78 is 12.1. The van der Waals surface area contributed by atoms with Gasteiger partial charge in [0.15, 0.2) is 6.29 Å². The van der Waals surface area contributed by atoms with Crippen LogP contribution in [0.5, 0.6) is 0 Å². The van der Waals surface area contributed by atoms with Crippen LogP contribution in [0, 0.1) is 5.92 Å². The zero-order valence-corrected chi connectivity index (χ0v) is 11.7. The van der Waals surface area contributed by atoms with Crippen LogP contribution in [0.4, 0.5) is 0 Å². The van der Waals surface area contributed by atoms with Crippen LogP contribution >= 0.6 is 0 Å². The number of rotatable bonds is 1. The van der Waals surface area contributed by atoms with Crippen molar-refractivity contribution in [1.29, 1.82) is 0 Å². The molecule has 1 heterocycles. The minimum absolute atomic E-state index is 0.00177. The molecule has 0 spiro atoms. The van der Waals surface area contributed by atoms with Gasteiger partial charge in [-0.25, -0.2) is 0 Å². The number of allylic oxidation sites excluding steroid dienone is 4. The van der Waals surface area contributed by atoms with Gasteiger partial charge in [-0.1, -0.05) is 38.2 Å². The Morgan fingerprint density at radius 2 is 1.22 bits per heavy atom. The van der Waals surface area contributed by atoms with Crippen LogP contribution in [0.3, 0.4) is 0 Å². The zero-order chi connectivity index (χ0) is 12.8. The summed E-state index contributed by atoms with van der Waals surface area (Å²) in [7, 11) is 0. The summed E-state index contributed by atoms with van der Waals surface area (Å²) in [5.41, 5.74) is 0. The first-order valence-corrected chi connectivity index (χ1v) is 7.38. The van der Waals surface area contributed by atoms with Crippen LogP contribution < -0.4 is 0 Å². The van der Waals surface area contributed by atoms with Crippen LogP contribution in [0.1, 0.15) is 52.4 Å². The molecule has 0 bridgehead atoms. The van der Waals surface area contributed by atoms with Gasteiger partial charge in [-0.05, 0) is 38.5 Å². The summed E-state index contributed by atoms with van der Waals surface area (Å²) in [6.45, 7) is 4.33. The van der Waals surface area contributed by atoms with Gasteiger partial charge in [0.25, 0.3) is 0 Å². The second-order valence-corrected chi connectivity index (χ2v) is 5.64.